The van der Waals surface area contributed by atoms with Crippen molar-refractivity contribution in [3.63, 3.8) is 0 Å². The zero-order chi connectivity index (χ0) is 20.8. The first-order chi connectivity index (χ1) is 13.9. The molecule has 0 fully saturated rings. The van der Waals surface area contributed by atoms with E-state index in [-0.39, 0.29) is 35.9 Å². The van der Waals surface area contributed by atoms with Crippen LogP contribution in [0.5, 0.6) is 0 Å². The molecular weight excluding hydrogens is 379 g/mol. The second kappa shape index (κ2) is 8.87. The largest absolute Gasteiger partial charge is 0.326 e. The molecule has 3 rings (SSSR count). The first-order valence-corrected chi connectivity index (χ1v) is 8.81. The Morgan fingerprint density at radius 3 is 2.62 bits per heavy atom. The molecular formula is C20H17FN4O4. The molecule has 0 atom stereocenters. The number of benzene rings is 2. The number of aryl methyl sites for hydroxylation is 1. The molecule has 1 aromatic heterocycles. The van der Waals surface area contributed by atoms with Crippen molar-refractivity contribution >= 4 is 17.3 Å². The zero-order valence-electron chi connectivity index (χ0n) is 15.2. The summed E-state index contributed by atoms with van der Waals surface area (Å²) in [6.07, 6.45) is 0.456. The predicted molar refractivity (Wildman–Crippen MR) is 105 cm³/mol. The molecule has 148 valence electrons. The molecule has 0 bridgehead atoms. The number of nitro benzene ring substituents is 1. The van der Waals surface area contributed by atoms with Crippen LogP contribution < -0.4 is 10.9 Å². The zero-order valence-corrected chi connectivity index (χ0v) is 15.2. The third kappa shape index (κ3) is 5.32. The Kier molecular flexibility index (Phi) is 6.08. The third-order valence-corrected chi connectivity index (χ3v) is 4.12. The van der Waals surface area contributed by atoms with Crippen LogP contribution in [0.15, 0.2) is 65.5 Å². The maximum atomic E-state index is 13.1. The van der Waals surface area contributed by atoms with Crippen molar-refractivity contribution in [2.75, 3.05) is 5.32 Å². The monoisotopic (exact) mass is 396 g/mol. The molecule has 1 heterocycles. The van der Waals surface area contributed by atoms with E-state index in [9.17, 15) is 24.1 Å². The number of carbonyl (C=O) groups is 1. The number of rotatable bonds is 7. The first kappa shape index (κ1) is 19.9. The number of nitrogens with zero attached hydrogens (tertiary/aromatic N) is 3. The van der Waals surface area contributed by atoms with Crippen LogP contribution in [0, 0.1) is 15.9 Å². The lowest BCUT2D eigenvalue weighted by atomic mass is 10.1. The van der Waals surface area contributed by atoms with Crippen molar-refractivity contribution in [2.45, 2.75) is 19.4 Å². The molecule has 0 unspecified atom stereocenters. The number of anilines is 1. The van der Waals surface area contributed by atoms with Crippen molar-refractivity contribution in [1.82, 2.24) is 9.78 Å². The van der Waals surface area contributed by atoms with E-state index in [1.54, 1.807) is 24.3 Å². The van der Waals surface area contributed by atoms with E-state index >= 15 is 0 Å². The van der Waals surface area contributed by atoms with Gasteiger partial charge in [-0.25, -0.2) is 9.07 Å². The highest BCUT2D eigenvalue weighted by Crippen LogP contribution is 2.18. The minimum Gasteiger partial charge on any atom is -0.326 e. The number of hydrogen-bond donors (Lipinski definition) is 1. The summed E-state index contributed by atoms with van der Waals surface area (Å²) in [4.78, 5) is 34.3. The molecule has 2 aromatic carbocycles. The Labute approximate surface area is 164 Å². The lowest BCUT2D eigenvalue weighted by Gasteiger charge is -2.08. The molecule has 0 aliphatic heterocycles. The van der Waals surface area contributed by atoms with Crippen LogP contribution in [0.4, 0.5) is 15.8 Å². The predicted octanol–water partition coefficient (Wildman–Crippen LogP) is 3.38. The highest BCUT2D eigenvalue weighted by molar-refractivity contribution is 5.90. The van der Waals surface area contributed by atoms with Gasteiger partial charge >= 0.3 is 0 Å². The summed E-state index contributed by atoms with van der Waals surface area (Å²) in [5.41, 5.74) is 1.10. The standard InChI is InChI=1S/C20H17FN4O4/c21-15-8-6-14(7-9-15)18-10-11-20(27)24(23-18)12-2-5-19(26)22-16-3-1-4-17(13-16)25(28)29/h1,3-4,6-11,13H,2,5,12H2,(H,22,26). The molecule has 8 nitrogen and oxygen atoms in total. The molecule has 0 aliphatic carbocycles. The van der Waals surface area contributed by atoms with Gasteiger partial charge in [0.2, 0.25) is 5.91 Å². The fourth-order valence-corrected chi connectivity index (χ4v) is 2.69. The Bertz CT molecular complexity index is 1100. The fraction of sp³-hybridized carbons (Fsp3) is 0.150. The Hall–Kier alpha value is -3.88. The molecule has 0 spiro atoms. The van der Waals surface area contributed by atoms with Gasteiger partial charge in [-0.05, 0) is 42.8 Å². The van der Waals surface area contributed by atoms with E-state index in [1.165, 1.54) is 41.1 Å². The van der Waals surface area contributed by atoms with Gasteiger partial charge in [0.15, 0.2) is 0 Å². The van der Waals surface area contributed by atoms with Crippen LogP contribution in [-0.4, -0.2) is 20.6 Å². The summed E-state index contributed by atoms with van der Waals surface area (Å²) in [7, 11) is 0. The van der Waals surface area contributed by atoms with E-state index < -0.39 is 4.92 Å². The van der Waals surface area contributed by atoms with Gasteiger partial charge in [0.25, 0.3) is 11.2 Å². The molecule has 29 heavy (non-hydrogen) atoms. The summed E-state index contributed by atoms with van der Waals surface area (Å²) in [5.74, 6) is -0.690. The minimum atomic E-state index is -0.540. The van der Waals surface area contributed by atoms with Crippen LogP contribution in [0.3, 0.4) is 0 Å². The maximum absolute atomic E-state index is 13.1. The van der Waals surface area contributed by atoms with Gasteiger partial charge in [-0.1, -0.05) is 6.07 Å². The van der Waals surface area contributed by atoms with Crippen molar-refractivity contribution < 1.29 is 14.1 Å². The molecule has 0 radical (unpaired) electrons. The molecule has 1 amide bonds. The van der Waals surface area contributed by atoms with Crippen LogP contribution in [0.25, 0.3) is 11.3 Å². The highest BCUT2D eigenvalue weighted by Gasteiger charge is 2.09. The topological polar surface area (TPSA) is 107 Å². The molecule has 0 saturated heterocycles. The number of hydrogen-bond acceptors (Lipinski definition) is 5. The first-order valence-electron chi connectivity index (χ1n) is 8.81. The minimum absolute atomic E-state index is 0.109. The highest BCUT2D eigenvalue weighted by atomic mass is 19.1. The van der Waals surface area contributed by atoms with Gasteiger partial charge in [-0.2, -0.15) is 5.10 Å². The summed E-state index contributed by atoms with van der Waals surface area (Å²) in [6, 6.07) is 14.3. The van der Waals surface area contributed by atoms with Crippen LogP contribution in [0.2, 0.25) is 0 Å². The molecule has 9 heteroatoms. The number of nitrogens with one attached hydrogen (secondary N) is 1. The molecule has 0 aliphatic rings. The van der Waals surface area contributed by atoms with Gasteiger partial charge in [0.05, 0.1) is 10.6 Å². The smallest absolute Gasteiger partial charge is 0.271 e. The number of non-ortho nitro benzene ring substituents is 1. The third-order valence-electron chi connectivity index (χ3n) is 4.12. The Morgan fingerprint density at radius 1 is 1.14 bits per heavy atom. The summed E-state index contributed by atoms with van der Waals surface area (Å²) in [5, 5.41) is 17.6. The average Bonchev–Trinajstić information content (AvgIpc) is 2.70. The van der Waals surface area contributed by atoms with Gasteiger partial charge < -0.3 is 5.32 Å². The van der Waals surface area contributed by atoms with Crippen LogP contribution in [0.1, 0.15) is 12.8 Å². The second-order valence-electron chi connectivity index (χ2n) is 6.25. The van der Waals surface area contributed by atoms with Crippen molar-refractivity contribution in [3.05, 3.63) is 86.9 Å². The number of nitro groups is 1. The van der Waals surface area contributed by atoms with Crippen molar-refractivity contribution in [1.29, 1.82) is 0 Å². The summed E-state index contributed by atoms with van der Waals surface area (Å²) in [6.45, 7) is 0.218. The van der Waals surface area contributed by atoms with E-state index in [4.69, 9.17) is 0 Å². The molecule has 1 N–H and O–H groups in total. The van der Waals surface area contributed by atoms with Crippen molar-refractivity contribution in [3.8, 4) is 11.3 Å². The normalized spacial score (nSPS) is 10.5. The lowest BCUT2D eigenvalue weighted by molar-refractivity contribution is -0.384. The van der Waals surface area contributed by atoms with Crippen LogP contribution in [-0.2, 0) is 11.3 Å². The van der Waals surface area contributed by atoms with E-state index in [2.05, 4.69) is 10.4 Å². The quantitative estimate of drug-likeness (QED) is 0.487. The Morgan fingerprint density at radius 2 is 1.90 bits per heavy atom. The number of aromatic nitrogens is 2. The van der Waals surface area contributed by atoms with E-state index in [1.807, 2.05) is 0 Å². The average molecular weight is 396 g/mol. The molecule has 0 saturated carbocycles. The number of carbonyl (C=O) groups excluding carboxylic acids is 1. The van der Waals surface area contributed by atoms with Gasteiger partial charge in [0, 0.05) is 42.4 Å². The SMILES string of the molecule is O=C(CCCn1nc(-c2ccc(F)cc2)ccc1=O)Nc1cccc([N+](=O)[O-])c1. The summed E-state index contributed by atoms with van der Waals surface area (Å²) < 4.78 is 14.3. The van der Waals surface area contributed by atoms with E-state index in [0.717, 1.165) is 0 Å². The molecule has 3 aromatic rings. The van der Waals surface area contributed by atoms with E-state index in [0.29, 0.717) is 23.4 Å². The van der Waals surface area contributed by atoms with Gasteiger partial charge in [0.1, 0.15) is 5.82 Å². The fourth-order valence-electron chi connectivity index (χ4n) is 2.69. The van der Waals surface area contributed by atoms with Crippen molar-refractivity contribution in [2.24, 2.45) is 0 Å². The lowest BCUT2D eigenvalue weighted by Crippen LogP contribution is -2.23. The van der Waals surface area contributed by atoms with Crippen LogP contribution >= 0.6 is 0 Å². The Balaban J connectivity index is 1.60. The number of amides is 1. The number of halogens is 1. The van der Waals surface area contributed by atoms with Gasteiger partial charge in [-0.3, -0.25) is 19.7 Å². The second-order valence-corrected chi connectivity index (χ2v) is 6.25. The summed E-state index contributed by atoms with van der Waals surface area (Å²) >= 11 is 0. The maximum Gasteiger partial charge on any atom is 0.271 e. The van der Waals surface area contributed by atoms with Gasteiger partial charge in [-0.15, -0.1) is 0 Å².